The molecule has 0 atom stereocenters. The molecule has 0 aliphatic rings. The molecule has 0 unspecified atom stereocenters. The van der Waals surface area contributed by atoms with Gasteiger partial charge in [-0.3, -0.25) is 0 Å². The van der Waals surface area contributed by atoms with E-state index in [4.69, 9.17) is 17.3 Å². The molecule has 1 aromatic heterocycles. The maximum atomic E-state index is 13.0. The van der Waals surface area contributed by atoms with Crippen LogP contribution >= 0.6 is 11.6 Å². The lowest BCUT2D eigenvalue weighted by Gasteiger charge is -2.04. The first-order valence-electron chi connectivity index (χ1n) is 4.91. The molecule has 0 aliphatic carbocycles. The van der Waals surface area contributed by atoms with Crippen molar-refractivity contribution in [2.45, 2.75) is 13.3 Å². The number of nitrogen functional groups attached to an aromatic ring is 1. The van der Waals surface area contributed by atoms with Crippen molar-refractivity contribution in [1.29, 1.82) is 0 Å². The second kappa shape index (κ2) is 4.14. The summed E-state index contributed by atoms with van der Waals surface area (Å²) < 4.78 is 14.5. The minimum Gasteiger partial charge on any atom is -0.384 e. The highest BCUT2D eigenvalue weighted by Gasteiger charge is 2.07. The molecule has 3 nitrogen and oxygen atoms in total. The first-order chi connectivity index (χ1) is 7.61. The van der Waals surface area contributed by atoms with Gasteiger partial charge in [0.2, 0.25) is 0 Å². The Balaban J connectivity index is 2.49. The zero-order valence-corrected chi connectivity index (χ0v) is 9.50. The number of hydrogen-bond acceptors (Lipinski definition) is 2. The summed E-state index contributed by atoms with van der Waals surface area (Å²) in [5, 5.41) is 4.34. The highest BCUT2D eigenvalue weighted by Crippen LogP contribution is 2.21. The summed E-state index contributed by atoms with van der Waals surface area (Å²) in [6.45, 7) is 1.99. The minimum absolute atomic E-state index is 0.0606. The van der Waals surface area contributed by atoms with Gasteiger partial charge in [-0.1, -0.05) is 18.5 Å². The molecule has 1 heterocycles. The average Bonchev–Trinajstić information content (AvgIpc) is 2.64. The summed E-state index contributed by atoms with van der Waals surface area (Å²) in [4.78, 5) is 0. The number of rotatable bonds is 2. The zero-order valence-electron chi connectivity index (χ0n) is 8.74. The maximum Gasteiger partial charge on any atom is 0.141 e. The normalized spacial score (nSPS) is 10.7. The van der Waals surface area contributed by atoms with Crippen LogP contribution in [0, 0.1) is 5.82 Å². The van der Waals surface area contributed by atoms with Gasteiger partial charge in [0.1, 0.15) is 11.6 Å². The lowest BCUT2D eigenvalue weighted by atomic mass is 10.3. The van der Waals surface area contributed by atoms with Crippen LogP contribution in [0.1, 0.15) is 12.6 Å². The van der Waals surface area contributed by atoms with Crippen LogP contribution in [0.2, 0.25) is 5.02 Å². The SMILES string of the molecule is CCc1cc(N)n(-c2ccc(F)c(Cl)c2)n1. The molecule has 2 rings (SSSR count). The van der Waals surface area contributed by atoms with E-state index in [0.717, 1.165) is 12.1 Å². The lowest BCUT2D eigenvalue weighted by molar-refractivity contribution is 0.627. The van der Waals surface area contributed by atoms with Gasteiger partial charge in [0.15, 0.2) is 0 Å². The summed E-state index contributed by atoms with van der Waals surface area (Å²) in [7, 11) is 0. The predicted octanol–water partition coefficient (Wildman–Crippen LogP) is 2.81. The lowest BCUT2D eigenvalue weighted by Crippen LogP contribution is -2.02. The third-order valence-corrected chi connectivity index (χ3v) is 2.59. The van der Waals surface area contributed by atoms with Crippen LogP contribution in [0.5, 0.6) is 0 Å². The molecular formula is C11H11ClFN3. The minimum atomic E-state index is -0.452. The zero-order chi connectivity index (χ0) is 11.7. The molecule has 84 valence electrons. The monoisotopic (exact) mass is 239 g/mol. The fourth-order valence-electron chi connectivity index (χ4n) is 1.44. The van der Waals surface area contributed by atoms with Gasteiger partial charge in [-0.25, -0.2) is 9.07 Å². The van der Waals surface area contributed by atoms with E-state index in [-0.39, 0.29) is 5.02 Å². The predicted molar refractivity (Wildman–Crippen MR) is 62.3 cm³/mol. The number of nitrogens with zero attached hydrogens (tertiary/aromatic N) is 2. The third kappa shape index (κ3) is 1.88. The van der Waals surface area contributed by atoms with Gasteiger partial charge in [0.25, 0.3) is 0 Å². The Morgan fingerprint density at radius 3 is 2.75 bits per heavy atom. The van der Waals surface area contributed by atoms with Gasteiger partial charge in [-0.2, -0.15) is 5.10 Å². The summed E-state index contributed by atoms with van der Waals surface area (Å²) in [6.07, 6.45) is 0.798. The summed E-state index contributed by atoms with van der Waals surface area (Å²) in [5.41, 5.74) is 7.34. The first kappa shape index (κ1) is 11.0. The molecule has 5 heteroatoms. The van der Waals surface area contributed by atoms with Crippen LogP contribution in [0.15, 0.2) is 24.3 Å². The van der Waals surface area contributed by atoms with E-state index >= 15 is 0 Å². The van der Waals surface area contributed by atoms with Crippen LogP contribution in [0.3, 0.4) is 0 Å². The third-order valence-electron chi connectivity index (χ3n) is 2.30. The Morgan fingerprint density at radius 1 is 1.44 bits per heavy atom. The van der Waals surface area contributed by atoms with Gasteiger partial charge in [-0.15, -0.1) is 0 Å². The smallest absolute Gasteiger partial charge is 0.141 e. The van der Waals surface area contributed by atoms with E-state index in [9.17, 15) is 4.39 Å². The van der Waals surface area contributed by atoms with Crippen LogP contribution in [-0.4, -0.2) is 9.78 Å². The largest absolute Gasteiger partial charge is 0.384 e. The van der Waals surface area contributed by atoms with Crippen molar-refractivity contribution >= 4 is 17.4 Å². The molecule has 2 aromatic rings. The molecule has 0 radical (unpaired) electrons. The van der Waals surface area contributed by atoms with Crippen LogP contribution in [0.25, 0.3) is 5.69 Å². The fourth-order valence-corrected chi connectivity index (χ4v) is 1.62. The number of benzene rings is 1. The Morgan fingerprint density at radius 2 is 2.19 bits per heavy atom. The van der Waals surface area contributed by atoms with Crippen molar-refractivity contribution in [3.8, 4) is 5.69 Å². The molecular weight excluding hydrogens is 229 g/mol. The molecule has 2 N–H and O–H groups in total. The van der Waals surface area contributed by atoms with Crippen molar-refractivity contribution in [2.24, 2.45) is 0 Å². The van der Waals surface area contributed by atoms with E-state index in [1.165, 1.54) is 12.1 Å². The second-order valence-electron chi connectivity index (χ2n) is 3.42. The van der Waals surface area contributed by atoms with Crippen molar-refractivity contribution in [3.05, 3.63) is 40.8 Å². The average molecular weight is 240 g/mol. The number of hydrogen-bond donors (Lipinski definition) is 1. The molecule has 0 bridgehead atoms. The molecule has 0 spiro atoms. The van der Waals surface area contributed by atoms with Crippen LogP contribution < -0.4 is 5.73 Å². The quantitative estimate of drug-likeness (QED) is 0.876. The molecule has 0 fully saturated rings. The van der Waals surface area contributed by atoms with E-state index in [1.807, 2.05) is 6.92 Å². The molecule has 1 aromatic carbocycles. The number of nitrogens with two attached hydrogens (primary N) is 1. The van der Waals surface area contributed by atoms with E-state index in [0.29, 0.717) is 11.5 Å². The molecule has 0 amide bonds. The van der Waals surface area contributed by atoms with Gasteiger partial charge in [0, 0.05) is 6.07 Å². The van der Waals surface area contributed by atoms with Gasteiger partial charge in [-0.05, 0) is 24.6 Å². The van der Waals surface area contributed by atoms with Gasteiger partial charge >= 0.3 is 0 Å². The first-order valence-corrected chi connectivity index (χ1v) is 5.29. The highest BCUT2D eigenvalue weighted by molar-refractivity contribution is 6.30. The van der Waals surface area contributed by atoms with Crippen LogP contribution in [0.4, 0.5) is 10.2 Å². The molecule has 0 saturated carbocycles. The molecule has 16 heavy (non-hydrogen) atoms. The maximum absolute atomic E-state index is 13.0. The standard InChI is InChI=1S/C11H11ClFN3/c1-2-7-5-11(14)16(15-7)8-3-4-10(13)9(12)6-8/h3-6H,2,14H2,1H3. The van der Waals surface area contributed by atoms with Crippen molar-refractivity contribution in [1.82, 2.24) is 9.78 Å². The highest BCUT2D eigenvalue weighted by atomic mass is 35.5. The number of halogens is 2. The summed E-state index contributed by atoms with van der Waals surface area (Å²) >= 11 is 5.70. The van der Waals surface area contributed by atoms with E-state index in [2.05, 4.69) is 5.10 Å². The summed E-state index contributed by atoms with van der Waals surface area (Å²) in [5.74, 6) is 0.0615. The Bertz CT molecular complexity index is 522. The number of aromatic nitrogens is 2. The molecule has 0 saturated heterocycles. The topological polar surface area (TPSA) is 43.8 Å². The summed E-state index contributed by atoms with van der Waals surface area (Å²) in [6, 6.07) is 6.17. The Labute approximate surface area is 97.6 Å². The fraction of sp³-hybridized carbons (Fsp3) is 0.182. The van der Waals surface area contributed by atoms with Gasteiger partial charge < -0.3 is 5.73 Å². The van der Waals surface area contributed by atoms with Crippen LogP contribution in [-0.2, 0) is 6.42 Å². The Kier molecular flexibility index (Phi) is 2.83. The van der Waals surface area contributed by atoms with E-state index < -0.39 is 5.82 Å². The van der Waals surface area contributed by atoms with Crippen molar-refractivity contribution in [2.75, 3.05) is 5.73 Å². The number of anilines is 1. The van der Waals surface area contributed by atoms with Crippen molar-refractivity contribution in [3.63, 3.8) is 0 Å². The van der Waals surface area contributed by atoms with E-state index in [1.54, 1.807) is 16.8 Å². The van der Waals surface area contributed by atoms with Crippen molar-refractivity contribution < 1.29 is 4.39 Å². The van der Waals surface area contributed by atoms with Gasteiger partial charge in [0.05, 0.1) is 16.4 Å². The second-order valence-corrected chi connectivity index (χ2v) is 3.83. The number of aryl methyl sites for hydroxylation is 1. The molecule has 0 aliphatic heterocycles. The Hall–Kier alpha value is -1.55.